The lowest BCUT2D eigenvalue weighted by Gasteiger charge is -2.18. The Morgan fingerprint density at radius 3 is 2.65 bits per heavy atom. The Kier molecular flexibility index (Phi) is 7.26. The van der Waals surface area contributed by atoms with E-state index in [-0.39, 0.29) is 17.7 Å². The molecule has 0 bridgehead atoms. The zero-order chi connectivity index (χ0) is 19.1. The maximum atomic E-state index is 12.4. The molecule has 1 atom stereocenters. The van der Waals surface area contributed by atoms with Crippen LogP contribution in [0.15, 0.2) is 18.2 Å². The molecule has 1 aliphatic heterocycles. The van der Waals surface area contributed by atoms with E-state index in [2.05, 4.69) is 10.2 Å². The first-order valence-corrected chi connectivity index (χ1v) is 8.85. The molecule has 2 amide bonds. The number of hydrogen-bond donors (Lipinski definition) is 1. The molecule has 1 heterocycles. The van der Waals surface area contributed by atoms with E-state index in [0.29, 0.717) is 37.6 Å². The average Bonchev–Trinajstić information content (AvgIpc) is 3.00. The molecule has 7 heteroatoms. The van der Waals surface area contributed by atoms with Gasteiger partial charge in [-0.3, -0.25) is 9.59 Å². The van der Waals surface area contributed by atoms with Gasteiger partial charge in [-0.05, 0) is 44.8 Å². The third-order valence-electron chi connectivity index (χ3n) is 4.53. The second kappa shape index (κ2) is 9.43. The summed E-state index contributed by atoms with van der Waals surface area (Å²) in [5.74, 6) is 0.986. The van der Waals surface area contributed by atoms with Crippen LogP contribution < -0.4 is 14.8 Å². The SMILES string of the molecule is COc1ccc(CNC(=O)C2CC(=O)N(CCCN(C)C)C2)cc1OC. The number of amides is 2. The van der Waals surface area contributed by atoms with Crippen LogP contribution in [0.25, 0.3) is 0 Å². The number of carbonyl (C=O) groups is 2. The summed E-state index contributed by atoms with van der Waals surface area (Å²) >= 11 is 0. The molecular formula is C19H29N3O4. The van der Waals surface area contributed by atoms with Crippen LogP contribution in [0, 0.1) is 5.92 Å². The number of likely N-dealkylation sites (tertiary alicyclic amines) is 1. The van der Waals surface area contributed by atoms with E-state index < -0.39 is 0 Å². The molecule has 1 aromatic rings. The van der Waals surface area contributed by atoms with E-state index >= 15 is 0 Å². The Hall–Kier alpha value is -2.28. The lowest BCUT2D eigenvalue weighted by atomic mass is 10.1. The molecular weight excluding hydrogens is 334 g/mol. The lowest BCUT2D eigenvalue weighted by Crippen LogP contribution is -2.33. The van der Waals surface area contributed by atoms with Gasteiger partial charge in [0.15, 0.2) is 11.5 Å². The molecule has 0 spiro atoms. The van der Waals surface area contributed by atoms with Crippen molar-refractivity contribution in [2.24, 2.45) is 5.92 Å². The molecule has 1 N–H and O–H groups in total. The summed E-state index contributed by atoms with van der Waals surface area (Å²) in [6.07, 6.45) is 1.21. The zero-order valence-corrected chi connectivity index (χ0v) is 16.1. The number of hydrogen-bond acceptors (Lipinski definition) is 5. The van der Waals surface area contributed by atoms with Gasteiger partial charge in [-0.25, -0.2) is 0 Å². The van der Waals surface area contributed by atoms with Crippen LogP contribution in [0.3, 0.4) is 0 Å². The molecule has 1 fully saturated rings. The van der Waals surface area contributed by atoms with Gasteiger partial charge in [0.2, 0.25) is 11.8 Å². The average molecular weight is 363 g/mol. The third-order valence-corrected chi connectivity index (χ3v) is 4.53. The summed E-state index contributed by atoms with van der Waals surface area (Å²) in [6, 6.07) is 5.54. The largest absolute Gasteiger partial charge is 0.493 e. The normalized spacial score (nSPS) is 16.9. The summed E-state index contributed by atoms with van der Waals surface area (Å²) in [4.78, 5) is 28.4. The predicted molar refractivity (Wildman–Crippen MR) is 99.3 cm³/mol. The first-order valence-electron chi connectivity index (χ1n) is 8.85. The van der Waals surface area contributed by atoms with Crippen molar-refractivity contribution in [2.75, 3.05) is 47.9 Å². The lowest BCUT2D eigenvalue weighted by molar-refractivity contribution is -0.129. The molecule has 1 unspecified atom stereocenters. The van der Waals surface area contributed by atoms with Gasteiger partial charge in [0.1, 0.15) is 0 Å². The first kappa shape index (κ1) is 20.0. The smallest absolute Gasteiger partial charge is 0.225 e. The predicted octanol–water partition coefficient (Wildman–Crippen LogP) is 1.12. The van der Waals surface area contributed by atoms with E-state index in [1.165, 1.54) is 0 Å². The third kappa shape index (κ3) is 5.36. The number of methoxy groups -OCH3 is 2. The minimum Gasteiger partial charge on any atom is -0.493 e. The molecule has 1 aliphatic rings. The van der Waals surface area contributed by atoms with Crippen LogP contribution in [-0.2, 0) is 16.1 Å². The molecule has 0 aliphatic carbocycles. The van der Waals surface area contributed by atoms with Crippen molar-refractivity contribution in [2.45, 2.75) is 19.4 Å². The van der Waals surface area contributed by atoms with Crippen molar-refractivity contribution in [3.8, 4) is 11.5 Å². The topological polar surface area (TPSA) is 71.1 Å². The van der Waals surface area contributed by atoms with E-state index in [0.717, 1.165) is 18.5 Å². The summed E-state index contributed by atoms with van der Waals surface area (Å²) in [5.41, 5.74) is 0.920. The van der Waals surface area contributed by atoms with Crippen LogP contribution in [-0.4, -0.2) is 69.6 Å². The van der Waals surface area contributed by atoms with Crippen molar-refractivity contribution in [3.05, 3.63) is 23.8 Å². The summed E-state index contributed by atoms with van der Waals surface area (Å²) < 4.78 is 10.5. The van der Waals surface area contributed by atoms with Gasteiger partial charge >= 0.3 is 0 Å². The molecule has 144 valence electrons. The summed E-state index contributed by atoms with van der Waals surface area (Å²) in [6.45, 7) is 2.53. The van der Waals surface area contributed by atoms with Crippen molar-refractivity contribution in [3.63, 3.8) is 0 Å². The van der Waals surface area contributed by atoms with E-state index in [9.17, 15) is 9.59 Å². The maximum Gasteiger partial charge on any atom is 0.225 e. The van der Waals surface area contributed by atoms with Crippen molar-refractivity contribution >= 4 is 11.8 Å². The van der Waals surface area contributed by atoms with Crippen LogP contribution in [0.5, 0.6) is 11.5 Å². The monoisotopic (exact) mass is 363 g/mol. The minimum absolute atomic E-state index is 0.0648. The van der Waals surface area contributed by atoms with Crippen molar-refractivity contribution < 1.29 is 19.1 Å². The van der Waals surface area contributed by atoms with Gasteiger partial charge in [-0.2, -0.15) is 0 Å². The molecule has 26 heavy (non-hydrogen) atoms. The highest BCUT2D eigenvalue weighted by Gasteiger charge is 2.33. The Bertz CT molecular complexity index is 633. The summed E-state index contributed by atoms with van der Waals surface area (Å²) in [7, 11) is 7.18. The molecule has 0 radical (unpaired) electrons. The Morgan fingerprint density at radius 1 is 1.27 bits per heavy atom. The van der Waals surface area contributed by atoms with Gasteiger partial charge in [0.25, 0.3) is 0 Å². The van der Waals surface area contributed by atoms with Gasteiger partial charge in [-0.15, -0.1) is 0 Å². The molecule has 7 nitrogen and oxygen atoms in total. The molecule has 2 rings (SSSR count). The fraction of sp³-hybridized carbons (Fsp3) is 0.579. The second-order valence-electron chi connectivity index (χ2n) is 6.80. The highest BCUT2D eigenvalue weighted by molar-refractivity contribution is 5.89. The van der Waals surface area contributed by atoms with Crippen LogP contribution >= 0.6 is 0 Å². The minimum atomic E-state index is -0.276. The molecule has 1 aromatic carbocycles. The fourth-order valence-corrected chi connectivity index (χ4v) is 3.07. The van der Waals surface area contributed by atoms with E-state index in [4.69, 9.17) is 9.47 Å². The van der Waals surface area contributed by atoms with Crippen LogP contribution in [0.2, 0.25) is 0 Å². The number of ether oxygens (including phenoxy) is 2. The highest BCUT2D eigenvalue weighted by Crippen LogP contribution is 2.27. The van der Waals surface area contributed by atoms with Crippen LogP contribution in [0.4, 0.5) is 0 Å². The summed E-state index contributed by atoms with van der Waals surface area (Å²) in [5, 5.41) is 2.92. The quantitative estimate of drug-likeness (QED) is 0.712. The Labute approximate surface area is 155 Å². The highest BCUT2D eigenvalue weighted by atomic mass is 16.5. The zero-order valence-electron chi connectivity index (χ0n) is 16.1. The van der Waals surface area contributed by atoms with Gasteiger partial charge in [0.05, 0.1) is 20.1 Å². The first-order chi connectivity index (χ1) is 12.4. The number of rotatable bonds is 9. The number of nitrogens with zero attached hydrogens (tertiary/aromatic N) is 2. The number of nitrogens with one attached hydrogen (secondary N) is 1. The number of benzene rings is 1. The van der Waals surface area contributed by atoms with Gasteiger partial charge < -0.3 is 24.6 Å². The maximum absolute atomic E-state index is 12.4. The molecule has 0 saturated carbocycles. The van der Waals surface area contributed by atoms with E-state index in [1.807, 2.05) is 32.3 Å². The molecule has 1 saturated heterocycles. The second-order valence-corrected chi connectivity index (χ2v) is 6.80. The van der Waals surface area contributed by atoms with Gasteiger partial charge in [0, 0.05) is 26.1 Å². The van der Waals surface area contributed by atoms with Crippen molar-refractivity contribution in [1.29, 1.82) is 0 Å². The van der Waals surface area contributed by atoms with Crippen molar-refractivity contribution in [1.82, 2.24) is 15.1 Å². The standard InChI is InChI=1S/C19H29N3O4/c1-21(2)8-5-9-22-13-15(11-18(22)23)19(24)20-12-14-6-7-16(25-3)17(10-14)26-4/h6-7,10,15H,5,8-9,11-13H2,1-4H3,(H,20,24). The van der Waals surface area contributed by atoms with E-state index in [1.54, 1.807) is 19.1 Å². The van der Waals surface area contributed by atoms with Gasteiger partial charge in [-0.1, -0.05) is 6.07 Å². The number of carbonyl (C=O) groups excluding carboxylic acids is 2. The Balaban J connectivity index is 1.84. The Morgan fingerprint density at radius 2 is 2.00 bits per heavy atom. The molecule has 0 aromatic heterocycles. The fourth-order valence-electron chi connectivity index (χ4n) is 3.07. The van der Waals surface area contributed by atoms with Crippen LogP contribution in [0.1, 0.15) is 18.4 Å².